The van der Waals surface area contributed by atoms with Gasteiger partial charge in [-0.1, -0.05) is 49.0 Å². The zero-order valence-electron chi connectivity index (χ0n) is 9.51. The van der Waals surface area contributed by atoms with Gasteiger partial charge < -0.3 is 0 Å². The van der Waals surface area contributed by atoms with Crippen LogP contribution in [0.25, 0.3) is 0 Å². The first kappa shape index (κ1) is 11.0. The Morgan fingerprint density at radius 2 is 2.36 bits per heavy atom. The topological polar surface area (TPSA) is 0 Å². The van der Waals surface area contributed by atoms with Crippen LogP contribution < -0.4 is 0 Å². The van der Waals surface area contributed by atoms with E-state index in [4.69, 9.17) is 0 Å². The summed E-state index contributed by atoms with van der Waals surface area (Å²) in [6.45, 7) is 10.4. The summed E-state index contributed by atoms with van der Waals surface area (Å²) in [5.74, 6) is 0.571. The Labute approximate surface area is 87.7 Å². The highest BCUT2D eigenvalue weighted by atomic mass is 14.1. The van der Waals surface area contributed by atoms with Gasteiger partial charge >= 0.3 is 0 Å². The number of hydrogen-bond donors (Lipinski definition) is 0. The summed E-state index contributed by atoms with van der Waals surface area (Å²) in [5.41, 5.74) is 4.16. The maximum atomic E-state index is 3.87. The van der Waals surface area contributed by atoms with Crippen LogP contribution in [-0.2, 0) is 0 Å². The quantitative estimate of drug-likeness (QED) is 0.575. The van der Waals surface area contributed by atoms with Crippen molar-refractivity contribution < 1.29 is 0 Å². The van der Waals surface area contributed by atoms with E-state index in [2.05, 4.69) is 44.7 Å². The van der Waals surface area contributed by atoms with Crippen molar-refractivity contribution in [1.82, 2.24) is 0 Å². The van der Waals surface area contributed by atoms with E-state index in [0.29, 0.717) is 5.92 Å². The molecule has 0 saturated carbocycles. The third-order valence-corrected chi connectivity index (χ3v) is 2.64. The monoisotopic (exact) mass is 188 g/mol. The highest BCUT2D eigenvalue weighted by Crippen LogP contribution is 2.25. The molecule has 1 aliphatic rings. The third kappa shape index (κ3) is 3.02. The largest absolute Gasteiger partial charge is 0.0961 e. The smallest absolute Gasteiger partial charge is 0.000977 e. The van der Waals surface area contributed by atoms with Gasteiger partial charge in [-0.25, -0.2) is 0 Å². The van der Waals surface area contributed by atoms with Gasteiger partial charge in [-0.3, -0.25) is 0 Å². The lowest BCUT2D eigenvalue weighted by molar-refractivity contribution is 0.764. The molecule has 0 spiro atoms. The predicted octanol–water partition coefficient (Wildman–Crippen LogP) is 4.42. The molecule has 0 aromatic carbocycles. The second-order valence-electron chi connectivity index (χ2n) is 4.09. The average Bonchev–Trinajstić information content (AvgIpc) is 2.15. The van der Waals surface area contributed by atoms with Crippen LogP contribution in [0.1, 0.15) is 33.6 Å². The fourth-order valence-corrected chi connectivity index (χ4v) is 1.77. The summed E-state index contributed by atoms with van der Waals surface area (Å²) in [5, 5.41) is 0. The van der Waals surface area contributed by atoms with Gasteiger partial charge in [0.1, 0.15) is 0 Å². The molecule has 0 aromatic rings. The lowest BCUT2D eigenvalue weighted by atomic mass is 9.89. The first-order valence-electron chi connectivity index (χ1n) is 5.34. The molecule has 0 nitrogen and oxygen atoms in total. The van der Waals surface area contributed by atoms with E-state index in [0.717, 1.165) is 12.0 Å². The maximum absolute atomic E-state index is 3.87. The molecular formula is C14H20. The average molecular weight is 188 g/mol. The van der Waals surface area contributed by atoms with Crippen molar-refractivity contribution in [2.24, 2.45) is 5.92 Å². The molecule has 14 heavy (non-hydrogen) atoms. The molecule has 0 bridgehead atoms. The molecule has 1 unspecified atom stereocenters. The Balaban J connectivity index is 2.63. The van der Waals surface area contributed by atoms with Crippen LogP contribution in [0, 0.1) is 5.92 Å². The predicted molar refractivity (Wildman–Crippen MR) is 64.2 cm³/mol. The molecule has 0 radical (unpaired) electrons. The van der Waals surface area contributed by atoms with Crippen molar-refractivity contribution in [3.63, 3.8) is 0 Å². The Morgan fingerprint density at radius 1 is 1.64 bits per heavy atom. The highest BCUT2D eigenvalue weighted by molar-refractivity contribution is 5.31. The van der Waals surface area contributed by atoms with Crippen LogP contribution in [-0.4, -0.2) is 0 Å². The number of allylic oxidation sites excluding steroid dienone is 7. The van der Waals surface area contributed by atoms with Crippen LogP contribution in [0.2, 0.25) is 0 Å². The van der Waals surface area contributed by atoms with Crippen molar-refractivity contribution in [1.29, 1.82) is 0 Å². The highest BCUT2D eigenvalue weighted by Gasteiger charge is 2.09. The molecule has 0 N–H and O–H groups in total. The van der Waals surface area contributed by atoms with Crippen LogP contribution in [0.15, 0.2) is 47.6 Å². The van der Waals surface area contributed by atoms with E-state index in [1.165, 1.54) is 17.6 Å². The van der Waals surface area contributed by atoms with Gasteiger partial charge in [-0.15, -0.1) is 0 Å². The molecule has 1 atom stereocenters. The van der Waals surface area contributed by atoms with E-state index in [9.17, 15) is 0 Å². The van der Waals surface area contributed by atoms with Crippen molar-refractivity contribution in [3.05, 3.63) is 47.6 Å². The number of hydrogen-bond acceptors (Lipinski definition) is 0. The molecular weight excluding hydrogens is 168 g/mol. The minimum atomic E-state index is 0.571. The van der Waals surface area contributed by atoms with Gasteiger partial charge in [0.25, 0.3) is 0 Å². The van der Waals surface area contributed by atoms with Crippen molar-refractivity contribution in [3.8, 4) is 0 Å². The molecule has 0 amide bonds. The van der Waals surface area contributed by atoms with Gasteiger partial charge in [0.05, 0.1) is 0 Å². The summed E-state index contributed by atoms with van der Waals surface area (Å²) in [6, 6.07) is 0. The third-order valence-electron chi connectivity index (χ3n) is 2.64. The Morgan fingerprint density at radius 3 is 2.86 bits per heavy atom. The summed E-state index contributed by atoms with van der Waals surface area (Å²) in [4.78, 5) is 0. The van der Waals surface area contributed by atoms with E-state index in [1.807, 2.05) is 6.92 Å². The second kappa shape index (κ2) is 4.99. The summed E-state index contributed by atoms with van der Waals surface area (Å²) < 4.78 is 0. The van der Waals surface area contributed by atoms with Gasteiger partial charge in [0.2, 0.25) is 0 Å². The van der Waals surface area contributed by atoms with Gasteiger partial charge in [-0.05, 0) is 38.2 Å². The zero-order chi connectivity index (χ0) is 10.6. The van der Waals surface area contributed by atoms with E-state index >= 15 is 0 Å². The maximum Gasteiger partial charge on any atom is -0.000977 e. The Bertz CT molecular complexity index is 300. The van der Waals surface area contributed by atoms with Gasteiger partial charge in [0, 0.05) is 0 Å². The molecule has 1 aliphatic carbocycles. The summed E-state index contributed by atoms with van der Waals surface area (Å²) in [6.07, 6.45) is 11.2. The van der Waals surface area contributed by atoms with Gasteiger partial charge in [-0.2, -0.15) is 0 Å². The standard InChI is InChI=1S/C14H20/c1-5-14-9-8-13(10-12(14)4)7-6-11(2)3/h6-9,13H,2,5,10H2,1,3-4H3/b7-6+. The van der Waals surface area contributed by atoms with Crippen molar-refractivity contribution in [2.75, 3.05) is 0 Å². The van der Waals surface area contributed by atoms with E-state index in [-0.39, 0.29) is 0 Å². The molecule has 0 heterocycles. The molecule has 0 fully saturated rings. The first-order chi connectivity index (χ1) is 6.63. The minimum absolute atomic E-state index is 0.571. The van der Waals surface area contributed by atoms with Crippen molar-refractivity contribution >= 4 is 0 Å². The lowest BCUT2D eigenvalue weighted by Gasteiger charge is -2.17. The van der Waals surface area contributed by atoms with Crippen LogP contribution >= 0.6 is 0 Å². The molecule has 0 aliphatic heterocycles. The molecule has 0 aromatic heterocycles. The minimum Gasteiger partial charge on any atom is -0.0961 e. The van der Waals surface area contributed by atoms with Gasteiger partial charge in [0.15, 0.2) is 0 Å². The fourth-order valence-electron chi connectivity index (χ4n) is 1.77. The van der Waals surface area contributed by atoms with Crippen molar-refractivity contribution in [2.45, 2.75) is 33.6 Å². The first-order valence-corrected chi connectivity index (χ1v) is 5.34. The molecule has 76 valence electrons. The Hall–Kier alpha value is -1.04. The van der Waals surface area contributed by atoms with Crippen LogP contribution in [0.3, 0.4) is 0 Å². The molecule has 0 saturated heterocycles. The zero-order valence-corrected chi connectivity index (χ0v) is 9.51. The Kier molecular flexibility index (Phi) is 3.94. The lowest BCUT2D eigenvalue weighted by Crippen LogP contribution is -2.00. The SMILES string of the molecule is C=C(C)/C=C/C1C=CC(CC)=C(C)C1. The van der Waals surface area contributed by atoms with E-state index < -0.39 is 0 Å². The second-order valence-corrected chi connectivity index (χ2v) is 4.09. The normalized spacial score (nSPS) is 22.1. The number of rotatable bonds is 3. The van der Waals surface area contributed by atoms with Crippen LogP contribution in [0.4, 0.5) is 0 Å². The summed E-state index contributed by atoms with van der Waals surface area (Å²) in [7, 11) is 0. The summed E-state index contributed by atoms with van der Waals surface area (Å²) >= 11 is 0. The van der Waals surface area contributed by atoms with E-state index in [1.54, 1.807) is 0 Å². The molecule has 0 heteroatoms. The fraction of sp³-hybridized carbons (Fsp3) is 0.429. The molecule has 1 rings (SSSR count). The van der Waals surface area contributed by atoms with Crippen LogP contribution in [0.5, 0.6) is 0 Å².